The van der Waals surface area contributed by atoms with E-state index in [0.29, 0.717) is 5.88 Å². The summed E-state index contributed by atoms with van der Waals surface area (Å²) in [4.78, 5) is 4.10. The molecule has 1 rings (SSSR count). The Morgan fingerprint density at radius 1 is 1.58 bits per heavy atom. The zero-order chi connectivity index (χ0) is 8.97. The summed E-state index contributed by atoms with van der Waals surface area (Å²) in [6, 6.07) is 3.78. The maximum Gasteiger partial charge on any atom is 0.213 e. The molecule has 0 spiro atoms. The first-order valence-corrected chi connectivity index (χ1v) is 4.80. The molecule has 0 N–H and O–H groups in total. The molecule has 12 heavy (non-hydrogen) atoms. The smallest absolute Gasteiger partial charge is 0.213 e. The molecule has 1 aromatic heterocycles. The molecule has 0 aliphatic rings. The molecule has 0 aliphatic carbocycles. The zero-order valence-electron chi connectivity index (χ0n) is 7.25. The van der Waals surface area contributed by atoms with Gasteiger partial charge in [0.25, 0.3) is 0 Å². The van der Waals surface area contributed by atoms with Gasteiger partial charge in [0.1, 0.15) is 0 Å². The number of rotatable bonds is 3. The lowest BCUT2D eigenvalue weighted by atomic mass is 10.3. The van der Waals surface area contributed by atoms with Crippen LogP contribution in [0.25, 0.3) is 0 Å². The van der Waals surface area contributed by atoms with Gasteiger partial charge >= 0.3 is 0 Å². The van der Waals surface area contributed by atoms with Crippen molar-refractivity contribution in [2.45, 2.75) is 26.4 Å². The number of halogens is 1. The lowest BCUT2D eigenvalue weighted by molar-refractivity contribution is 0.208. The minimum Gasteiger partial charge on any atom is -0.475 e. The lowest BCUT2D eigenvalue weighted by Crippen LogP contribution is -2.10. The zero-order valence-corrected chi connectivity index (χ0v) is 8.84. The van der Waals surface area contributed by atoms with Gasteiger partial charge in [-0.2, -0.15) is 0 Å². The monoisotopic (exact) mass is 229 g/mol. The minimum atomic E-state index is 0.235. The van der Waals surface area contributed by atoms with Crippen LogP contribution in [0.15, 0.2) is 22.8 Å². The van der Waals surface area contributed by atoms with Crippen LogP contribution >= 0.6 is 15.9 Å². The van der Waals surface area contributed by atoms with Gasteiger partial charge in [0, 0.05) is 16.7 Å². The van der Waals surface area contributed by atoms with E-state index in [1.165, 1.54) is 0 Å². The molecule has 0 radical (unpaired) electrons. The third kappa shape index (κ3) is 2.81. The number of ether oxygens (including phenoxy) is 1. The van der Waals surface area contributed by atoms with E-state index in [-0.39, 0.29) is 6.10 Å². The highest BCUT2D eigenvalue weighted by Crippen LogP contribution is 2.13. The fourth-order valence-electron chi connectivity index (χ4n) is 0.721. The van der Waals surface area contributed by atoms with Gasteiger partial charge < -0.3 is 4.74 Å². The second-order valence-corrected chi connectivity index (χ2v) is 3.57. The van der Waals surface area contributed by atoms with Crippen molar-refractivity contribution < 1.29 is 4.74 Å². The Morgan fingerprint density at radius 3 is 2.83 bits per heavy atom. The third-order valence-corrected chi connectivity index (χ3v) is 2.07. The molecule has 0 unspecified atom stereocenters. The predicted octanol–water partition coefficient (Wildman–Crippen LogP) is 3.02. The van der Waals surface area contributed by atoms with Gasteiger partial charge in [0.05, 0.1) is 6.10 Å². The van der Waals surface area contributed by atoms with Gasteiger partial charge in [0.15, 0.2) is 0 Å². The van der Waals surface area contributed by atoms with Gasteiger partial charge in [-0.3, -0.25) is 0 Å². The van der Waals surface area contributed by atoms with Crippen LogP contribution in [0, 0.1) is 0 Å². The van der Waals surface area contributed by atoms with Crippen LogP contribution in [-0.4, -0.2) is 11.1 Å². The molecule has 2 nitrogen and oxygen atoms in total. The largest absolute Gasteiger partial charge is 0.475 e. The first-order valence-electron chi connectivity index (χ1n) is 4.00. The van der Waals surface area contributed by atoms with Crippen molar-refractivity contribution >= 4 is 15.9 Å². The number of hydrogen-bond acceptors (Lipinski definition) is 2. The Labute approximate surface area is 81.1 Å². The third-order valence-electron chi connectivity index (χ3n) is 1.60. The molecular weight excluding hydrogens is 218 g/mol. The number of pyridine rings is 1. The van der Waals surface area contributed by atoms with Gasteiger partial charge in [-0.25, -0.2) is 4.98 Å². The maximum atomic E-state index is 5.49. The molecule has 0 saturated carbocycles. The summed E-state index contributed by atoms with van der Waals surface area (Å²) in [7, 11) is 0. The first-order chi connectivity index (χ1) is 5.72. The fourth-order valence-corrected chi connectivity index (χ4v) is 0.956. The van der Waals surface area contributed by atoms with Crippen LogP contribution in [0.1, 0.15) is 20.3 Å². The van der Waals surface area contributed by atoms with E-state index in [1.54, 1.807) is 6.20 Å². The molecule has 0 amide bonds. The van der Waals surface area contributed by atoms with Gasteiger partial charge in [-0.05, 0) is 35.3 Å². The minimum absolute atomic E-state index is 0.235. The molecule has 0 aromatic carbocycles. The van der Waals surface area contributed by atoms with Gasteiger partial charge in [-0.1, -0.05) is 6.92 Å². The SMILES string of the molecule is CC[C@@H](C)Oc1ccc(Br)cn1. The van der Waals surface area contributed by atoms with Crippen molar-refractivity contribution in [3.63, 3.8) is 0 Å². The Morgan fingerprint density at radius 2 is 2.33 bits per heavy atom. The normalized spacial score (nSPS) is 12.6. The summed E-state index contributed by atoms with van der Waals surface area (Å²) in [5.41, 5.74) is 0. The molecule has 0 saturated heterocycles. The summed E-state index contributed by atoms with van der Waals surface area (Å²) in [5, 5.41) is 0. The first kappa shape index (κ1) is 9.52. The average Bonchev–Trinajstić information content (AvgIpc) is 2.09. The molecule has 1 atom stereocenters. The van der Waals surface area contributed by atoms with E-state index >= 15 is 0 Å². The van der Waals surface area contributed by atoms with E-state index in [0.717, 1.165) is 10.9 Å². The highest BCUT2D eigenvalue weighted by molar-refractivity contribution is 9.10. The van der Waals surface area contributed by atoms with Crippen LogP contribution in [0.3, 0.4) is 0 Å². The van der Waals surface area contributed by atoms with Gasteiger partial charge in [0.2, 0.25) is 5.88 Å². The topological polar surface area (TPSA) is 22.1 Å². The molecular formula is C9H12BrNO. The molecule has 66 valence electrons. The maximum absolute atomic E-state index is 5.49. The summed E-state index contributed by atoms with van der Waals surface area (Å²) < 4.78 is 6.46. The van der Waals surface area contributed by atoms with Crippen molar-refractivity contribution in [1.82, 2.24) is 4.98 Å². The number of aromatic nitrogens is 1. The Bertz CT molecular complexity index is 235. The van der Waals surface area contributed by atoms with Crippen molar-refractivity contribution in [3.8, 4) is 5.88 Å². The highest BCUT2D eigenvalue weighted by atomic mass is 79.9. The van der Waals surface area contributed by atoms with E-state index in [4.69, 9.17) is 4.74 Å². The Kier molecular flexibility index (Phi) is 3.53. The predicted molar refractivity (Wildman–Crippen MR) is 52.3 cm³/mol. The number of nitrogens with zero attached hydrogens (tertiary/aromatic N) is 1. The molecule has 0 fully saturated rings. The summed E-state index contributed by atoms with van der Waals surface area (Å²) in [5.74, 6) is 0.688. The van der Waals surface area contributed by atoms with Gasteiger partial charge in [-0.15, -0.1) is 0 Å². The molecule has 3 heteroatoms. The Balaban J connectivity index is 2.58. The summed E-state index contributed by atoms with van der Waals surface area (Å²) in [6.45, 7) is 4.12. The lowest BCUT2D eigenvalue weighted by Gasteiger charge is -2.10. The van der Waals surface area contributed by atoms with Crippen molar-refractivity contribution in [1.29, 1.82) is 0 Å². The molecule has 0 bridgehead atoms. The number of hydrogen-bond donors (Lipinski definition) is 0. The molecule has 1 heterocycles. The Hall–Kier alpha value is -0.570. The van der Waals surface area contributed by atoms with E-state index in [2.05, 4.69) is 27.8 Å². The van der Waals surface area contributed by atoms with Crippen LogP contribution in [-0.2, 0) is 0 Å². The van der Waals surface area contributed by atoms with Crippen molar-refractivity contribution in [2.75, 3.05) is 0 Å². The van der Waals surface area contributed by atoms with Crippen LogP contribution in [0.5, 0.6) is 5.88 Å². The second kappa shape index (κ2) is 4.45. The molecule has 1 aromatic rings. The van der Waals surface area contributed by atoms with Crippen LogP contribution in [0.4, 0.5) is 0 Å². The second-order valence-electron chi connectivity index (χ2n) is 2.65. The summed E-state index contributed by atoms with van der Waals surface area (Å²) in [6.07, 6.45) is 2.97. The van der Waals surface area contributed by atoms with E-state index < -0.39 is 0 Å². The quantitative estimate of drug-likeness (QED) is 0.796. The van der Waals surface area contributed by atoms with Crippen molar-refractivity contribution in [2.24, 2.45) is 0 Å². The highest BCUT2D eigenvalue weighted by Gasteiger charge is 2.00. The van der Waals surface area contributed by atoms with E-state index in [9.17, 15) is 0 Å². The standard InChI is InChI=1S/C9H12BrNO/c1-3-7(2)12-9-5-4-8(10)6-11-9/h4-7H,3H2,1-2H3/t7-/m1/s1. The fraction of sp³-hybridized carbons (Fsp3) is 0.444. The average molecular weight is 230 g/mol. The van der Waals surface area contributed by atoms with Crippen LogP contribution < -0.4 is 4.74 Å². The van der Waals surface area contributed by atoms with Crippen molar-refractivity contribution in [3.05, 3.63) is 22.8 Å². The van der Waals surface area contributed by atoms with E-state index in [1.807, 2.05) is 19.1 Å². The van der Waals surface area contributed by atoms with Crippen LogP contribution in [0.2, 0.25) is 0 Å². The summed E-state index contributed by atoms with van der Waals surface area (Å²) >= 11 is 3.31. The molecule has 0 aliphatic heterocycles.